The number of H-pyrrole nitrogens is 1. The van der Waals surface area contributed by atoms with Crippen LogP contribution < -0.4 is 5.73 Å². The maximum Gasteiger partial charge on any atom is 0.239 e. The van der Waals surface area contributed by atoms with Crippen LogP contribution in [0.25, 0.3) is 0 Å². The molecule has 2 aliphatic heterocycles. The predicted molar refractivity (Wildman–Crippen MR) is 104 cm³/mol. The van der Waals surface area contributed by atoms with E-state index in [2.05, 4.69) is 23.8 Å². The van der Waals surface area contributed by atoms with Crippen molar-refractivity contribution >= 4 is 11.8 Å². The van der Waals surface area contributed by atoms with Crippen molar-refractivity contribution in [2.45, 2.75) is 58.4 Å². The second kappa shape index (κ2) is 8.42. The van der Waals surface area contributed by atoms with E-state index in [1.807, 2.05) is 16.0 Å². The first kappa shape index (κ1) is 19.9. The minimum Gasteiger partial charge on any atom is -0.348 e. The number of nitrogens with one attached hydrogen (secondary N) is 1. The van der Waals surface area contributed by atoms with Gasteiger partial charge in [0.15, 0.2) is 0 Å². The monoisotopic (exact) mass is 375 g/mol. The molecule has 0 aliphatic carbocycles. The zero-order chi connectivity index (χ0) is 19.4. The van der Waals surface area contributed by atoms with E-state index in [1.165, 1.54) is 0 Å². The van der Waals surface area contributed by atoms with Gasteiger partial charge < -0.3 is 20.5 Å². The Hall–Kier alpha value is -1.89. The third-order valence-corrected chi connectivity index (χ3v) is 6.13. The number of nitrogens with two attached hydrogens (primary N) is 1. The molecule has 1 aromatic heterocycles. The molecule has 7 nitrogen and oxygen atoms in total. The number of hydrogen-bond donors (Lipinski definition) is 2. The summed E-state index contributed by atoms with van der Waals surface area (Å²) in [5, 5.41) is 0. The molecule has 3 heterocycles. The van der Waals surface area contributed by atoms with Crippen molar-refractivity contribution in [3.8, 4) is 0 Å². The van der Waals surface area contributed by atoms with Gasteiger partial charge in [0, 0.05) is 50.9 Å². The Kier molecular flexibility index (Phi) is 6.19. The van der Waals surface area contributed by atoms with Crippen molar-refractivity contribution in [2.75, 3.05) is 26.2 Å². The summed E-state index contributed by atoms with van der Waals surface area (Å²) in [4.78, 5) is 36.0. The lowest BCUT2D eigenvalue weighted by Crippen LogP contribution is -2.54. The molecule has 2 aliphatic rings. The smallest absolute Gasteiger partial charge is 0.239 e. The Balaban J connectivity index is 1.53. The third kappa shape index (κ3) is 4.89. The largest absolute Gasteiger partial charge is 0.348 e. The topological polar surface area (TPSA) is 95.3 Å². The van der Waals surface area contributed by atoms with Gasteiger partial charge in [-0.25, -0.2) is 4.98 Å². The number of aromatic amines is 1. The van der Waals surface area contributed by atoms with E-state index >= 15 is 0 Å². The molecule has 2 saturated heterocycles. The average molecular weight is 376 g/mol. The van der Waals surface area contributed by atoms with E-state index in [0.717, 1.165) is 64.0 Å². The molecule has 0 radical (unpaired) electrons. The molecule has 27 heavy (non-hydrogen) atoms. The van der Waals surface area contributed by atoms with Crippen molar-refractivity contribution < 1.29 is 9.59 Å². The highest BCUT2D eigenvalue weighted by molar-refractivity contribution is 5.81. The Bertz CT molecular complexity index is 635. The van der Waals surface area contributed by atoms with Gasteiger partial charge in [0.05, 0.1) is 12.4 Å². The second-order valence-corrected chi connectivity index (χ2v) is 8.70. The molecule has 1 atom stereocenters. The summed E-state index contributed by atoms with van der Waals surface area (Å²) in [6.07, 6.45) is 8.49. The van der Waals surface area contributed by atoms with Gasteiger partial charge in [-0.05, 0) is 37.0 Å². The number of rotatable bonds is 6. The van der Waals surface area contributed by atoms with Crippen molar-refractivity contribution in [3.63, 3.8) is 0 Å². The lowest BCUT2D eigenvalue weighted by molar-refractivity contribution is -0.143. The van der Waals surface area contributed by atoms with Gasteiger partial charge in [-0.1, -0.05) is 13.8 Å². The first-order valence-corrected chi connectivity index (χ1v) is 10.2. The fraction of sp³-hybridized carbons (Fsp3) is 0.750. The maximum absolute atomic E-state index is 12.6. The number of nitrogens with zero attached hydrogens (tertiary/aromatic N) is 3. The number of carbonyl (C=O) groups is 2. The van der Waals surface area contributed by atoms with Gasteiger partial charge in [-0.3, -0.25) is 9.59 Å². The van der Waals surface area contributed by atoms with Crippen molar-refractivity contribution in [1.29, 1.82) is 0 Å². The summed E-state index contributed by atoms with van der Waals surface area (Å²) in [7, 11) is 0. The second-order valence-electron chi connectivity index (χ2n) is 8.70. The molecule has 2 amide bonds. The van der Waals surface area contributed by atoms with Crippen LogP contribution in [0, 0.1) is 11.3 Å². The molecule has 3 rings (SSSR count). The van der Waals surface area contributed by atoms with Crippen LogP contribution in [0.4, 0.5) is 0 Å². The van der Waals surface area contributed by atoms with Crippen LogP contribution in [-0.2, 0) is 16.0 Å². The van der Waals surface area contributed by atoms with E-state index in [-0.39, 0.29) is 17.2 Å². The summed E-state index contributed by atoms with van der Waals surface area (Å²) >= 11 is 0. The zero-order valence-corrected chi connectivity index (χ0v) is 16.6. The molecule has 150 valence electrons. The van der Waals surface area contributed by atoms with Gasteiger partial charge in [0.25, 0.3) is 0 Å². The van der Waals surface area contributed by atoms with Crippen molar-refractivity contribution in [3.05, 3.63) is 18.2 Å². The summed E-state index contributed by atoms with van der Waals surface area (Å²) in [6.45, 7) is 7.23. The van der Waals surface area contributed by atoms with Crippen molar-refractivity contribution in [2.24, 2.45) is 17.1 Å². The van der Waals surface area contributed by atoms with Gasteiger partial charge in [-0.15, -0.1) is 0 Å². The number of piperidine rings is 2. The summed E-state index contributed by atoms with van der Waals surface area (Å²) in [5.41, 5.74) is 7.30. The van der Waals surface area contributed by atoms with Crippen LogP contribution >= 0.6 is 0 Å². The fourth-order valence-electron chi connectivity index (χ4n) is 4.44. The Morgan fingerprint density at radius 3 is 2.70 bits per heavy atom. The molecule has 2 fully saturated rings. The van der Waals surface area contributed by atoms with Crippen LogP contribution in [0.2, 0.25) is 0 Å². The van der Waals surface area contributed by atoms with E-state index < -0.39 is 6.04 Å². The fourth-order valence-corrected chi connectivity index (χ4v) is 4.44. The van der Waals surface area contributed by atoms with Crippen LogP contribution in [0.3, 0.4) is 0 Å². The van der Waals surface area contributed by atoms with Crippen LogP contribution in [0.15, 0.2) is 12.5 Å². The maximum atomic E-state index is 12.6. The SMILES string of the molecule is CC(C)C[C@@H](N)C(=O)N1CCC2(CCC(=O)N(CCc3cnc[nH]3)C2)CC1. The molecule has 0 bridgehead atoms. The van der Waals surface area contributed by atoms with E-state index in [4.69, 9.17) is 5.73 Å². The molecule has 1 aromatic rings. The van der Waals surface area contributed by atoms with Crippen LogP contribution in [-0.4, -0.2) is 63.8 Å². The molecule has 0 aromatic carbocycles. The number of likely N-dealkylation sites (tertiary alicyclic amines) is 2. The Morgan fingerprint density at radius 2 is 2.07 bits per heavy atom. The first-order valence-electron chi connectivity index (χ1n) is 10.2. The molecular formula is C20H33N5O2. The normalized spacial score (nSPS) is 21.1. The Labute approximate surface area is 161 Å². The number of carbonyl (C=O) groups excluding carboxylic acids is 2. The highest BCUT2D eigenvalue weighted by Gasteiger charge is 2.42. The van der Waals surface area contributed by atoms with Crippen LogP contribution in [0.1, 0.15) is 51.6 Å². The van der Waals surface area contributed by atoms with Crippen molar-refractivity contribution in [1.82, 2.24) is 19.8 Å². The molecule has 0 saturated carbocycles. The van der Waals surface area contributed by atoms with Gasteiger partial charge in [0.2, 0.25) is 11.8 Å². The number of imidazole rings is 1. The molecular weight excluding hydrogens is 342 g/mol. The highest BCUT2D eigenvalue weighted by atomic mass is 16.2. The molecule has 7 heteroatoms. The quantitative estimate of drug-likeness (QED) is 0.789. The number of hydrogen-bond acceptors (Lipinski definition) is 4. The van der Waals surface area contributed by atoms with Gasteiger partial charge in [0.1, 0.15) is 0 Å². The van der Waals surface area contributed by atoms with Crippen LogP contribution in [0.5, 0.6) is 0 Å². The summed E-state index contributed by atoms with van der Waals surface area (Å²) < 4.78 is 0. The molecule has 1 spiro atoms. The zero-order valence-electron chi connectivity index (χ0n) is 16.6. The van der Waals surface area contributed by atoms with E-state index in [1.54, 1.807) is 6.33 Å². The third-order valence-electron chi connectivity index (χ3n) is 6.13. The molecule has 3 N–H and O–H groups in total. The predicted octanol–water partition coefficient (Wildman–Crippen LogP) is 1.56. The molecule has 0 unspecified atom stereocenters. The summed E-state index contributed by atoms with van der Waals surface area (Å²) in [6, 6.07) is -0.391. The average Bonchev–Trinajstić information content (AvgIpc) is 3.16. The minimum atomic E-state index is -0.391. The van der Waals surface area contributed by atoms with Gasteiger partial charge >= 0.3 is 0 Å². The first-order chi connectivity index (χ1) is 12.9. The lowest BCUT2D eigenvalue weighted by Gasteiger charge is -2.47. The number of aromatic nitrogens is 2. The lowest BCUT2D eigenvalue weighted by atomic mass is 9.72. The highest BCUT2D eigenvalue weighted by Crippen LogP contribution is 2.40. The minimum absolute atomic E-state index is 0.0848. The standard InChI is InChI=1S/C20H33N5O2/c1-15(2)11-17(21)19(27)24-9-6-20(7-10-24)5-3-18(26)25(13-20)8-4-16-12-22-14-23-16/h12,14-15,17H,3-11,13,21H2,1-2H3,(H,22,23)/t17-/m1/s1. The Morgan fingerprint density at radius 1 is 1.33 bits per heavy atom. The number of amides is 2. The summed E-state index contributed by atoms with van der Waals surface area (Å²) in [5.74, 6) is 0.756. The van der Waals surface area contributed by atoms with E-state index in [0.29, 0.717) is 12.3 Å². The van der Waals surface area contributed by atoms with Gasteiger partial charge in [-0.2, -0.15) is 0 Å². The van der Waals surface area contributed by atoms with E-state index in [9.17, 15) is 9.59 Å².